The number of amides is 1. The van der Waals surface area contributed by atoms with Crippen LogP contribution in [-0.4, -0.2) is 39.5 Å². The normalized spacial score (nSPS) is 11.9. The zero-order valence-corrected chi connectivity index (χ0v) is 15.4. The number of carbonyl (C=O) groups excluding carboxylic acids is 1. The predicted molar refractivity (Wildman–Crippen MR) is 99.8 cm³/mol. The van der Waals surface area contributed by atoms with Crippen LogP contribution in [0.5, 0.6) is 0 Å². The van der Waals surface area contributed by atoms with Crippen LogP contribution in [0, 0.1) is 0 Å². The van der Waals surface area contributed by atoms with E-state index in [-0.39, 0.29) is 5.91 Å². The van der Waals surface area contributed by atoms with Crippen molar-refractivity contribution in [3.63, 3.8) is 0 Å². The van der Waals surface area contributed by atoms with Gasteiger partial charge < -0.3 is 5.32 Å². The molecule has 0 aromatic carbocycles. The van der Waals surface area contributed by atoms with Crippen molar-refractivity contribution in [2.24, 2.45) is 0 Å². The second kappa shape index (κ2) is 5.85. The van der Waals surface area contributed by atoms with Crippen molar-refractivity contribution in [2.75, 3.05) is 11.6 Å². The molecule has 2 aromatic rings. The number of hydrogen-bond donors (Lipinski definition) is 1. The van der Waals surface area contributed by atoms with E-state index in [1.807, 2.05) is 6.07 Å². The molecule has 0 saturated carbocycles. The number of thiazole rings is 1. The van der Waals surface area contributed by atoms with E-state index in [4.69, 9.17) is 0 Å². The molecule has 0 radical (unpaired) electrons. The Hall–Kier alpha value is -2.85. The molecular weight excluding hydrogens is 374 g/mol. The van der Waals surface area contributed by atoms with Gasteiger partial charge in [-0.15, -0.1) is 0 Å². The SMILES string of the molecule is CC(=O)Nc1nc2ccc(-c3cc4cncc-4n(S(C)(=O)=O)c3)nc2s1. The first-order valence-electron chi connectivity index (χ1n) is 7.53. The topological polar surface area (TPSA) is 107 Å². The van der Waals surface area contributed by atoms with Gasteiger partial charge in [-0.2, -0.15) is 0 Å². The van der Waals surface area contributed by atoms with Crippen LogP contribution in [0.3, 0.4) is 0 Å². The monoisotopic (exact) mass is 387 g/mol. The van der Waals surface area contributed by atoms with Crippen molar-refractivity contribution >= 4 is 42.7 Å². The Bertz CT molecular complexity index is 1230. The van der Waals surface area contributed by atoms with Gasteiger partial charge >= 0.3 is 0 Å². The van der Waals surface area contributed by atoms with Gasteiger partial charge in [0.05, 0.1) is 23.8 Å². The summed E-state index contributed by atoms with van der Waals surface area (Å²) in [4.78, 5) is 24.7. The van der Waals surface area contributed by atoms with Crippen LogP contribution >= 0.6 is 11.3 Å². The molecule has 0 spiro atoms. The van der Waals surface area contributed by atoms with Crippen molar-refractivity contribution in [1.29, 1.82) is 0 Å². The quantitative estimate of drug-likeness (QED) is 0.579. The molecule has 4 heterocycles. The molecule has 4 rings (SSSR count). The van der Waals surface area contributed by atoms with Gasteiger partial charge in [-0.3, -0.25) is 9.78 Å². The van der Waals surface area contributed by atoms with Crippen LogP contribution < -0.4 is 5.32 Å². The maximum absolute atomic E-state index is 12.1. The van der Waals surface area contributed by atoms with Gasteiger partial charge in [-0.25, -0.2) is 22.4 Å². The first-order chi connectivity index (χ1) is 12.3. The summed E-state index contributed by atoms with van der Waals surface area (Å²) in [5, 5.41) is 3.11. The number of rotatable bonds is 3. The van der Waals surface area contributed by atoms with Crippen molar-refractivity contribution in [2.45, 2.75) is 6.92 Å². The molecule has 0 saturated heterocycles. The first-order valence-corrected chi connectivity index (χ1v) is 10.2. The number of carbonyl (C=O) groups is 1. The highest BCUT2D eigenvalue weighted by Crippen LogP contribution is 2.31. The number of nitrogens with one attached hydrogen (secondary N) is 1. The lowest BCUT2D eigenvalue weighted by molar-refractivity contribution is -0.114. The lowest BCUT2D eigenvalue weighted by Crippen LogP contribution is -2.13. The third-order valence-corrected chi connectivity index (χ3v) is 5.60. The highest BCUT2D eigenvalue weighted by molar-refractivity contribution is 7.89. The summed E-state index contributed by atoms with van der Waals surface area (Å²) in [6, 6.07) is 5.40. The summed E-state index contributed by atoms with van der Waals surface area (Å²) in [5.41, 5.74) is 3.14. The molecule has 8 nitrogen and oxygen atoms in total. The summed E-state index contributed by atoms with van der Waals surface area (Å²) in [7, 11) is -3.49. The summed E-state index contributed by atoms with van der Waals surface area (Å²) < 4.78 is 25.4. The first kappa shape index (κ1) is 16.6. The Morgan fingerprint density at radius 2 is 2.00 bits per heavy atom. The number of pyridine rings is 2. The molecule has 1 amide bonds. The van der Waals surface area contributed by atoms with Crippen LogP contribution in [0.15, 0.2) is 36.8 Å². The number of anilines is 1. The van der Waals surface area contributed by atoms with E-state index in [9.17, 15) is 13.2 Å². The fourth-order valence-corrected chi connectivity index (χ4v) is 4.32. The van der Waals surface area contributed by atoms with E-state index in [0.717, 1.165) is 6.26 Å². The van der Waals surface area contributed by atoms with Crippen molar-refractivity contribution in [1.82, 2.24) is 18.9 Å². The summed E-state index contributed by atoms with van der Waals surface area (Å²) in [6.07, 6.45) is 5.80. The van der Waals surface area contributed by atoms with Gasteiger partial charge in [0.2, 0.25) is 15.9 Å². The number of fused-ring (bicyclic) bond motifs is 2. The Kier molecular flexibility index (Phi) is 3.74. The van der Waals surface area contributed by atoms with Gasteiger partial charge in [0.25, 0.3) is 0 Å². The molecule has 0 fully saturated rings. The van der Waals surface area contributed by atoms with Crippen LogP contribution in [0.1, 0.15) is 6.92 Å². The van der Waals surface area contributed by atoms with Crippen molar-refractivity contribution in [3.05, 3.63) is 36.8 Å². The number of aromatic nitrogens is 4. The minimum Gasteiger partial charge on any atom is -0.302 e. The zero-order valence-electron chi connectivity index (χ0n) is 13.8. The van der Waals surface area contributed by atoms with E-state index in [1.165, 1.54) is 34.6 Å². The van der Waals surface area contributed by atoms with Crippen LogP contribution in [-0.2, 0) is 14.8 Å². The molecule has 2 aromatic heterocycles. The predicted octanol–water partition coefficient (Wildman–Crippen LogP) is 2.43. The zero-order chi connectivity index (χ0) is 18.5. The maximum atomic E-state index is 12.1. The molecule has 132 valence electrons. The second-order valence-electron chi connectivity index (χ2n) is 5.76. The largest absolute Gasteiger partial charge is 0.302 e. The van der Waals surface area contributed by atoms with E-state index in [0.29, 0.717) is 38.0 Å². The number of hydrogen-bond acceptors (Lipinski definition) is 7. The summed E-state index contributed by atoms with van der Waals surface area (Å²) in [5.74, 6) is -0.201. The molecule has 1 N–H and O–H groups in total. The Morgan fingerprint density at radius 1 is 1.19 bits per heavy atom. The highest BCUT2D eigenvalue weighted by Gasteiger charge is 2.18. The van der Waals surface area contributed by atoms with Gasteiger partial charge in [0, 0.05) is 30.4 Å². The van der Waals surface area contributed by atoms with Gasteiger partial charge in [-0.05, 0) is 18.2 Å². The summed E-state index contributed by atoms with van der Waals surface area (Å²) >= 11 is 1.26. The fraction of sp³-hybridized carbons (Fsp3) is 0.125. The average molecular weight is 387 g/mol. The van der Waals surface area contributed by atoms with Crippen LogP contribution in [0.2, 0.25) is 0 Å². The number of nitrogens with zero attached hydrogens (tertiary/aromatic N) is 4. The molecule has 2 aliphatic heterocycles. The van der Waals surface area contributed by atoms with Crippen molar-refractivity contribution < 1.29 is 13.2 Å². The molecule has 0 atom stereocenters. The minimum atomic E-state index is -3.49. The lowest BCUT2D eigenvalue weighted by atomic mass is 10.1. The van der Waals surface area contributed by atoms with Gasteiger partial charge in [0.1, 0.15) is 10.3 Å². The van der Waals surface area contributed by atoms with E-state index in [1.54, 1.807) is 18.3 Å². The third-order valence-electron chi connectivity index (χ3n) is 3.70. The van der Waals surface area contributed by atoms with Crippen LogP contribution in [0.4, 0.5) is 5.13 Å². The van der Waals surface area contributed by atoms with E-state index in [2.05, 4.69) is 20.3 Å². The smallest absolute Gasteiger partial charge is 0.236 e. The molecule has 0 bridgehead atoms. The second-order valence-corrected chi connectivity index (χ2v) is 8.59. The Labute approximate surface area is 152 Å². The maximum Gasteiger partial charge on any atom is 0.236 e. The molecular formula is C16H13N5O3S2. The van der Waals surface area contributed by atoms with Gasteiger partial charge in [0.15, 0.2) is 5.13 Å². The Morgan fingerprint density at radius 3 is 2.73 bits per heavy atom. The highest BCUT2D eigenvalue weighted by atomic mass is 32.2. The van der Waals surface area contributed by atoms with E-state index < -0.39 is 10.0 Å². The standard InChI is InChI=1S/C16H13N5O3S2/c1-9(22)18-16-20-13-4-3-12(19-15(13)25-16)11-5-10-6-17-7-14(10)21(8-11)26(2,23)24/h3-8H,1-2H3,(H,18,20,22). The molecule has 2 aliphatic rings. The molecule has 0 unspecified atom stereocenters. The third kappa shape index (κ3) is 2.93. The Balaban J connectivity index is 1.87. The molecule has 26 heavy (non-hydrogen) atoms. The lowest BCUT2D eigenvalue weighted by Gasteiger charge is -2.12. The fourth-order valence-electron chi connectivity index (χ4n) is 2.62. The van der Waals surface area contributed by atoms with Crippen molar-refractivity contribution in [3.8, 4) is 22.5 Å². The summed E-state index contributed by atoms with van der Waals surface area (Å²) in [6.45, 7) is 1.41. The van der Waals surface area contributed by atoms with E-state index >= 15 is 0 Å². The van der Waals surface area contributed by atoms with Gasteiger partial charge in [-0.1, -0.05) is 11.3 Å². The minimum absolute atomic E-state index is 0.201. The van der Waals surface area contributed by atoms with Crippen LogP contribution in [0.25, 0.3) is 32.9 Å². The molecule has 10 heteroatoms. The molecule has 0 aliphatic carbocycles. The average Bonchev–Trinajstić information content (AvgIpc) is 3.16.